The second kappa shape index (κ2) is 5.09. The molecule has 17 heavy (non-hydrogen) atoms. The van der Waals surface area contributed by atoms with Crippen molar-refractivity contribution in [3.8, 4) is 11.8 Å². The molecule has 0 bridgehead atoms. The van der Waals surface area contributed by atoms with Crippen LogP contribution in [0.25, 0.3) is 0 Å². The van der Waals surface area contributed by atoms with Gasteiger partial charge in [-0.3, -0.25) is 0 Å². The molecule has 1 aromatic carbocycles. The number of para-hydroxylation sites is 1. The molecule has 2 unspecified atom stereocenters. The number of ether oxygens (including phenoxy) is 1. The van der Waals surface area contributed by atoms with E-state index >= 15 is 0 Å². The molecule has 1 aliphatic rings. The lowest BCUT2D eigenvalue weighted by molar-refractivity contribution is 0.103. The molecule has 90 valence electrons. The van der Waals surface area contributed by atoms with Crippen molar-refractivity contribution in [2.75, 3.05) is 5.73 Å². The van der Waals surface area contributed by atoms with Crippen LogP contribution in [0.1, 0.15) is 38.2 Å². The minimum atomic E-state index is 0.236. The summed E-state index contributed by atoms with van der Waals surface area (Å²) in [5.41, 5.74) is 6.87. The number of anilines is 1. The number of nitrogens with zero attached hydrogens (tertiary/aromatic N) is 1. The van der Waals surface area contributed by atoms with Crippen molar-refractivity contribution < 1.29 is 4.74 Å². The molecule has 2 atom stereocenters. The summed E-state index contributed by atoms with van der Waals surface area (Å²) in [4.78, 5) is 0. The van der Waals surface area contributed by atoms with Gasteiger partial charge in [0.05, 0.1) is 11.3 Å². The predicted molar refractivity (Wildman–Crippen MR) is 67.6 cm³/mol. The Morgan fingerprint density at radius 2 is 2.12 bits per heavy atom. The predicted octanol–water partition coefficient (Wildman–Crippen LogP) is 3.10. The molecule has 2 rings (SSSR count). The Morgan fingerprint density at radius 3 is 2.82 bits per heavy atom. The van der Waals surface area contributed by atoms with Crippen molar-refractivity contribution >= 4 is 5.69 Å². The minimum absolute atomic E-state index is 0.236. The summed E-state index contributed by atoms with van der Waals surface area (Å²) in [6.07, 6.45) is 5.03. The lowest BCUT2D eigenvalue weighted by atomic mass is 9.88. The zero-order valence-corrected chi connectivity index (χ0v) is 10.1. The second-order valence-corrected chi connectivity index (χ2v) is 4.75. The maximum Gasteiger partial charge on any atom is 0.143 e. The fraction of sp³-hybridized carbons (Fsp3) is 0.500. The fourth-order valence-corrected chi connectivity index (χ4v) is 2.36. The maximum atomic E-state index is 8.92. The first-order chi connectivity index (χ1) is 8.22. The van der Waals surface area contributed by atoms with Gasteiger partial charge in [-0.1, -0.05) is 19.4 Å². The number of rotatable bonds is 2. The van der Waals surface area contributed by atoms with Gasteiger partial charge in [0.15, 0.2) is 0 Å². The van der Waals surface area contributed by atoms with Gasteiger partial charge < -0.3 is 10.5 Å². The van der Waals surface area contributed by atoms with Crippen molar-refractivity contribution in [1.29, 1.82) is 5.26 Å². The fourth-order valence-electron chi connectivity index (χ4n) is 2.36. The summed E-state index contributed by atoms with van der Waals surface area (Å²) < 4.78 is 5.96. The maximum absolute atomic E-state index is 8.92. The molecule has 3 nitrogen and oxygen atoms in total. The van der Waals surface area contributed by atoms with Gasteiger partial charge in [-0.25, -0.2) is 0 Å². The number of nitrogen functional groups attached to an aromatic ring is 1. The largest absolute Gasteiger partial charge is 0.488 e. The van der Waals surface area contributed by atoms with Gasteiger partial charge in [0.25, 0.3) is 0 Å². The minimum Gasteiger partial charge on any atom is -0.488 e. The van der Waals surface area contributed by atoms with E-state index < -0.39 is 0 Å². The van der Waals surface area contributed by atoms with Crippen LogP contribution in [0.4, 0.5) is 5.69 Å². The Hall–Kier alpha value is -1.69. The van der Waals surface area contributed by atoms with Gasteiger partial charge in [-0.15, -0.1) is 0 Å². The molecule has 0 aromatic heterocycles. The molecule has 0 radical (unpaired) electrons. The Morgan fingerprint density at radius 1 is 1.35 bits per heavy atom. The third-order valence-corrected chi connectivity index (χ3v) is 3.50. The number of nitriles is 1. The highest BCUT2D eigenvalue weighted by Crippen LogP contribution is 2.31. The molecular formula is C14H18N2O. The summed E-state index contributed by atoms with van der Waals surface area (Å²) >= 11 is 0. The van der Waals surface area contributed by atoms with Gasteiger partial charge >= 0.3 is 0 Å². The molecular weight excluding hydrogens is 212 g/mol. The average Bonchev–Trinajstić information content (AvgIpc) is 2.34. The Kier molecular flexibility index (Phi) is 3.53. The molecule has 0 amide bonds. The van der Waals surface area contributed by atoms with E-state index in [1.807, 2.05) is 12.1 Å². The van der Waals surface area contributed by atoms with Crippen LogP contribution < -0.4 is 10.5 Å². The van der Waals surface area contributed by atoms with Crippen molar-refractivity contribution in [1.82, 2.24) is 0 Å². The zero-order chi connectivity index (χ0) is 12.3. The third kappa shape index (κ3) is 2.52. The highest BCUT2D eigenvalue weighted by atomic mass is 16.5. The standard InChI is InChI=1S/C14H18N2O/c1-10-5-2-3-7-12(10)17-13-8-4-6-11(9-15)14(13)16/h4,6,8,10,12H,2-3,5,7,16H2,1H3. The zero-order valence-electron chi connectivity index (χ0n) is 10.1. The first-order valence-corrected chi connectivity index (χ1v) is 6.17. The van der Waals surface area contributed by atoms with Crippen LogP contribution in [-0.2, 0) is 0 Å². The van der Waals surface area contributed by atoms with E-state index in [4.69, 9.17) is 15.7 Å². The smallest absolute Gasteiger partial charge is 0.143 e. The molecule has 0 aliphatic heterocycles. The van der Waals surface area contributed by atoms with Crippen LogP contribution in [-0.4, -0.2) is 6.10 Å². The highest BCUT2D eigenvalue weighted by Gasteiger charge is 2.23. The number of benzene rings is 1. The van der Waals surface area contributed by atoms with Gasteiger partial charge in [0.1, 0.15) is 17.9 Å². The van der Waals surface area contributed by atoms with Crippen molar-refractivity contribution in [2.24, 2.45) is 5.92 Å². The van der Waals surface area contributed by atoms with Crippen LogP contribution in [0.5, 0.6) is 5.75 Å². The van der Waals surface area contributed by atoms with Crippen LogP contribution in [0, 0.1) is 17.2 Å². The van der Waals surface area contributed by atoms with Crippen LogP contribution >= 0.6 is 0 Å². The lowest BCUT2D eigenvalue weighted by Crippen LogP contribution is -2.28. The topological polar surface area (TPSA) is 59.0 Å². The molecule has 1 saturated carbocycles. The highest BCUT2D eigenvalue weighted by molar-refractivity contribution is 5.63. The SMILES string of the molecule is CC1CCCCC1Oc1cccc(C#N)c1N. The summed E-state index contributed by atoms with van der Waals surface area (Å²) in [7, 11) is 0. The third-order valence-electron chi connectivity index (χ3n) is 3.50. The molecule has 0 heterocycles. The first-order valence-electron chi connectivity index (χ1n) is 6.17. The molecule has 1 fully saturated rings. The van der Waals surface area contributed by atoms with Crippen LogP contribution in [0.2, 0.25) is 0 Å². The van der Waals surface area contributed by atoms with E-state index in [2.05, 4.69) is 13.0 Å². The quantitative estimate of drug-likeness (QED) is 0.794. The monoisotopic (exact) mass is 230 g/mol. The Labute approximate surface area is 102 Å². The van der Waals surface area contributed by atoms with Crippen LogP contribution in [0.15, 0.2) is 18.2 Å². The van der Waals surface area contributed by atoms with E-state index in [1.54, 1.807) is 6.07 Å². The van der Waals surface area contributed by atoms with E-state index in [1.165, 1.54) is 19.3 Å². The van der Waals surface area contributed by atoms with Gasteiger partial charge in [-0.05, 0) is 37.3 Å². The molecule has 0 spiro atoms. The average molecular weight is 230 g/mol. The molecule has 0 saturated heterocycles. The number of nitrogens with two attached hydrogens (primary N) is 1. The molecule has 3 heteroatoms. The van der Waals surface area contributed by atoms with Gasteiger partial charge in [-0.2, -0.15) is 5.26 Å². The van der Waals surface area contributed by atoms with Crippen molar-refractivity contribution in [3.63, 3.8) is 0 Å². The second-order valence-electron chi connectivity index (χ2n) is 4.75. The number of hydrogen-bond donors (Lipinski definition) is 1. The molecule has 2 N–H and O–H groups in total. The Bertz CT molecular complexity index is 436. The Balaban J connectivity index is 2.16. The van der Waals surface area contributed by atoms with Gasteiger partial charge in [0, 0.05) is 0 Å². The summed E-state index contributed by atoms with van der Waals surface area (Å²) in [6, 6.07) is 7.46. The van der Waals surface area contributed by atoms with Crippen LogP contribution in [0.3, 0.4) is 0 Å². The van der Waals surface area contributed by atoms with E-state index in [-0.39, 0.29) is 6.10 Å². The van der Waals surface area contributed by atoms with Crippen molar-refractivity contribution in [2.45, 2.75) is 38.7 Å². The van der Waals surface area contributed by atoms with E-state index in [9.17, 15) is 0 Å². The van der Waals surface area contributed by atoms with E-state index in [0.29, 0.717) is 22.9 Å². The first kappa shape index (κ1) is 11.8. The lowest BCUT2D eigenvalue weighted by Gasteiger charge is -2.29. The van der Waals surface area contributed by atoms with Gasteiger partial charge in [0.2, 0.25) is 0 Å². The number of hydrogen-bond acceptors (Lipinski definition) is 3. The van der Waals surface area contributed by atoms with E-state index in [0.717, 1.165) is 6.42 Å². The van der Waals surface area contributed by atoms with Crippen molar-refractivity contribution in [3.05, 3.63) is 23.8 Å². The molecule has 1 aliphatic carbocycles. The summed E-state index contributed by atoms with van der Waals surface area (Å²) in [6.45, 7) is 2.22. The normalized spacial score (nSPS) is 24.0. The summed E-state index contributed by atoms with van der Waals surface area (Å²) in [5.74, 6) is 1.22. The molecule has 1 aromatic rings. The summed E-state index contributed by atoms with van der Waals surface area (Å²) in [5, 5.41) is 8.92.